The Kier molecular flexibility index (Phi) is 3.73. The Morgan fingerprint density at radius 1 is 1.23 bits per heavy atom. The summed E-state index contributed by atoms with van der Waals surface area (Å²) in [6.07, 6.45) is -0.440. The van der Waals surface area contributed by atoms with E-state index < -0.39 is 6.29 Å². The molecule has 3 nitrogen and oxygen atoms in total. The van der Waals surface area contributed by atoms with Gasteiger partial charge in [-0.3, -0.25) is 0 Å². The summed E-state index contributed by atoms with van der Waals surface area (Å²) in [6.45, 7) is 2.72. The molecule has 13 heavy (non-hydrogen) atoms. The smallest absolute Gasteiger partial charge is 0.178 e. The molecule has 0 aliphatic rings. The van der Waals surface area contributed by atoms with Crippen LogP contribution in [0.2, 0.25) is 0 Å². The molecule has 0 radical (unpaired) electrons. The average Bonchev–Trinajstić information content (AvgIpc) is 2.15. The Balaban J connectivity index is 2.59. The molecule has 0 aliphatic heterocycles. The first kappa shape index (κ1) is 10.0. The van der Waals surface area contributed by atoms with E-state index in [2.05, 4.69) is 0 Å². The molecule has 3 heteroatoms. The Labute approximate surface area is 77.6 Å². The maximum Gasteiger partial charge on any atom is 0.178 e. The zero-order valence-electron chi connectivity index (χ0n) is 7.60. The number of aliphatic hydroxyl groups is 2. The first-order valence-corrected chi connectivity index (χ1v) is 4.33. The van der Waals surface area contributed by atoms with E-state index in [1.165, 1.54) is 0 Å². The van der Waals surface area contributed by atoms with Crippen LogP contribution in [-0.2, 0) is 0 Å². The summed E-state index contributed by atoms with van der Waals surface area (Å²) in [5, 5.41) is 17.6. The molecular formula is C10H14O3. The molecule has 0 saturated carbocycles. The average molecular weight is 182 g/mol. The Bertz CT molecular complexity index is 241. The second-order valence-electron chi connectivity index (χ2n) is 2.79. The lowest BCUT2D eigenvalue weighted by molar-refractivity contribution is -0.0425. The van der Waals surface area contributed by atoms with E-state index in [9.17, 15) is 0 Å². The second kappa shape index (κ2) is 4.84. The van der Waals surface area contributed by atoms with Crippen LogP contribution < -0.4 is 4.74 Å². The molecule has 0 amide bonds. The topological polar surface area (TPSA) is 49.7 Å². The van der Waals surface area contributed by atoms with Crippen LogP contribution in [0.15, 0.2) is 24.3 Å². The summed E-state index contributed by atoms with van der Waals surface area (Å²) < 4.78 is 5.33. The number of hydrogen-bond donors (Lipinski definition) is 2. The van der Waals surface area contributed by atoms with Crippen LogP contribution in [0.5, 0.6) is 5.75 Å². The van der Waals surface area contributed by atoms with Gasteiger partial charge in [-0.1, -0.05) is 19.1 Å². The van der Waals surface area contributed by atoms with Gasteiger partial charge in [-0.25, -0.2) is 0 Å². The fourth-order valence-corrected chi connectivity index (χ4v) is 0.956. The van der Waals surface area contributed by atoms with Crippen molar-refractivity contribution in [2.45, 2.75) is 19.6 Å². The summed E-state index contributed by atoms with van der Waals surface area (Å²) >= 11 is 0. The molecule has 72 valence electrons. The zero-order chi connectivity index (χ0) is 9.68. The molecule has 2 N–H and O–H groups in total. The summed E-state index contributed by atoms with van der Waals surface area (Å²) in [5.41, 5.74) is 0.476. The van der Waals surface area contributed by atoms with Gasteiger partial charge < -0.3 is 14.9 Å². The van der Waals surface area contributed by atoms with Crippen LogP contribution in [0.4, 0.5) is 0 Å². The summed E-state index contributed by atoms with van der Waals surface area (Å²) in [5.74, 6) is 0.756. The fourth-order valence-electron chi connectivity index (χ4n) is 0.956. The predicted molar refractivity (Wildman–Crippen MR) is 49.4 cm³/mol. The number of aliphatic hydroxyl groups excluding tert-OH is 1. The number of rotatable bonds is 4. The van der Waals surface area contributed by atoms with Crippen LogP contribution in [0.25, 0.3) is 0 Å². The Morgan fingerprint density at radius 3 is 2.31 bits per heavy atom. The molecule has 0 saturated heterocycles. The van der Waals surface area contributed by atoms with Gasteiger partial charge in [0.25, 0.3) is 0 Å². The molecule has 1 rings (SSSR count). The number of benzene rings is 1. The fraction of sp³-hybridized carbons (Fsp3) is 0.400. The third-order valence-electron chi connectivity index (χ3n) is 1.65. The highest BCUT2D eigenvalue weighted by atomic mass is 16.5. The lowest BCUT2D eigenvalue weighted by Crippen LogP contribution is -1.97. The van der Waals surface area contributed by atoms with E-state index in [1.54, 1.807) is 24.3 Å². The van der Waals surface area contributed by atoms with Gasteiger partial charge in [0.15, 0.2) is 6.29 Å². The standard InChI is InChI=1S/C10H14O3/c1-2-7-13-9-5-3-8(4-6-9)10(11)12/h3-6,10-12H,2,7H2,1H3. The third kappa shape index (κ3) is 3.05. The first-order valence-electron chi connectivity index (χ1n) is 4.33. The van der Waals surface area contributed by atoms with Crippen molar-refractivity contribution < 1.29 is 14.9 Å². The van der Waals surface area contributed by atoms with Crippen LogP contribution in [-0.4, -0.2) is 16.8 Å². The minimum absolute atomic E-state index is 0.476. The highest BCUT2D eigenvalue weighted by Gasteiger charge is 2.01. The van der Waals surface area contributed by atoms with Gasteiger partial charge in [0.05, 0.1) is 6.61 Å². The molecule has 0 bridgehead atoms. The van der Waals surface area contributed by atoms with Gasteiger partial charge in [0.1, 0.15) is 5.75 Å². The van der Waals surface area contributed by atoms with Gasteiger partial charge >= 0.3 is 0 Å². The highest BCUT2D eigenvalue weighted by molar-refractivity contribution is 5.27. The monoisotopic (exact) mass is 182 g/mol. The van der Waals surface area contributed by atoms with Crippen molar-refractivity contribution in [2.24, 2.45) is 0 Å². The molecule has 0 unspecified atom stereocenters. The summed E-state index contributed by atoms with van der Waals surface area (Å²) in [7, 11) is 0. The third-order valence-corrected chi connectivity index (χ3v) is 1.65. The largest absolute Gasteiger partial charge is 0.494 e. The molecule has 0 aromatic heterocycles. The van der Waals surface area contributed by atoms with Crippen LogP contribution in [0.3, 0.4) is 0 Å². The van der Waals surface area contributed by atoms with Gasteiger partial charge in [0, 0.05) is 5.56 Å². The lowest BCUT2D eigenvalue weighted by Gasteiger charge is -2.06. The predicted octanol–water partition coefficient (Wildman–Crippen LogP) is 1.46. The molecular weight excluding hydrogens is 168 g/mol. The van der Waals surface area contributed by atoms with E-state index in [0.29, 0.717) is 12.2 Å². The quantitative estimate of drug-likeness (QED) is 0.693. The van der Waals surface area contributed by atoms with E-state index in [4.69, 9.17) is 14.9 Å². The van der Waals surface area contributed by atoms with Gasteiger partial charge in [-0.15, -0.1) is 0 Å². The molecule has 0 spiro atoms. The van der Waals surface area contributed by atoms with Gasteiger partial charge in [0.2, 0.25) is 0 Å². The van der Waals surface area contributed by atoms with Crippen molar-refractivity contribution in [3.05, 3.63) is 29.8 Å². The Morgan fingerprint density at radius 2 is 1.85 bits per heavy atom. The van der Waals surface area contributed by atoms with Crippen molar-refractivity contribution >= 4 is 0 Å². The molecule has 0 fully saturated rings. The summed E-state index contributed by atoms with van der Waals surface area (Å²) in [6, 6.07) is 6.72. The van der Waals surface area contributed by atoms with Crippen molar-refractivity contribution in [3.8, 4) is 5.75 Å². The van der Waals surface area contributed by atoms with Crippen molar-refractivity contribution in [3.63, 3.8) is 0 Å². The molecule has 0 aliphatic carbocycles. The minimum Gasteiger partial charge on any atom is -0.494 e. The van der Waals surface area contributed by atoms with E-state index >= 15 is 0 Å². The zero-order valence-corrected chi connectivity index (χ0v) is 7.60. The van der Waals surface area contributed by atoms with Crippen LogP contribution in [0, 0.1) is 0 Å². The normalized spacial score (nSPS) is 10.5. The maximum absolute atomic E-state index is 8.81. The molecule has 1 aromatic rings. The van der Waals surface area contributed by atoms with Crippen molar-refractivity contribution in [1.29, 1.82) is 0 Å². The van der Waals surface area contributed by atoms with E-state index in [-0.39, 0.29) is 0 Å². The van der Waals surface area contributed by atoms with Crippen molar-refractivity contribution in [1.82, 2.24) is 0 Å². The van der Waals surface area contributed by atoms with Crippen LogP contribution in [0.1, 0.15) is 25.2 Å². The molecule has 0 atom stereocenters. The SMILES string of the molecule is CCCOc1ccc(C(O)O)cc1. The second-order valence-corrected chi connectivity index (χ2v) is 2.79. The van der Waals surface area contributed by atoms with Gasteiger partial charge in [-0.05, 0) is 18.6 Å². The lowest BCUT2D eigenvalue weighted by atomic mass is 10.2. The summed E-state index contributed by atoms with van der Waals surface area (Å²) in [4.78, 5) is 0. The van der Waals surface area contributed by atoms with E-state index in [1.807, 2.05) is 6.92 Å². The number of hydrogen-bond acceptors (Lipinski definition) is 3. The van der Waals surface area contributed by atoms with Crippen molar-refractivity contribution in [2.75, 3.05) is 6.61 Å². The maximum atomic E-state index is 8.81. The Hall–Kier alpha value is -1.06. The van der Waals surface area contributed by atoms with Crippen LogP contribution >= 0.6 is 0 Å². The van der Waals surface area contributed by atoms with E-state index in [0.717, 1.165) is 12.2 Å². The molecule has 1 aromatic carbocycles. The highest BCUT2D eigenvalue weighted by Crippen LogP contribution is 2.15. The number of ether oxygens (including phenoxy) is 1. The van der Waals surface area contributed by atoms with Gasteiger partial charge in [-0.2, -0.15) is 0 Å². The first-order chi connectivity index (χ1) is 6.24. The minimum atomic E-state index is -1.40. The molecule has 0 heterocycles.